The zero-order valence-corrected chi connectivity index (χ0v) is 16.8. The molecule has 0 atom stereocenters. The van der Waals surface area contributed by atoms with Crippen LogP contribution in [0.3, 0.4) is 0 Å². The van der Waals surface area contributed by atoms with Crippen molar-refractivity contribution in [2.75, 3.05) is 25.6 Å². The molecule has 0 aliphatic carbocycles. The summed E-state index contributed by atoms with van der Waals surface area (Å²) in [7, 11) is 1.63. The number of nitrogens with one attached hydrogen (secondary N) is 2. The first-order valence-electron chi connectivity index (χ1n) is 9.77. The van der Waals surface area contributed by atoms with Crippen LogP contribution in [0.1, 0.15) is 57.2 Å². The minimum absolute atomic E-state index is 0.245. The van der Waals surface area contributed by atoms with Crippen LogP contribution >= 0.6 is 0 Å². The first-order chi connectivity index (χ1) is 13.5. The number of aryl methyl sites for hydroxylation is 1. The van der Waals surface area contributed by atoms with Gasteiger partial charge in [-0.3, -0.25) is 9.59 Å². The smallest absolute Gasteiger partial charge is 0.287 e. The third kappa shape index (κ3) is 4.25. The molecule has 2 heterocycles. The minimum atomic E-state index is -0.266. The monoisotopic (exact) mass is 384 g/mol. The number of benzene rings is 1. The van der Waals surface area contributed by atoms with E-state index in [1.165, 1.54) is 0 Å². The highest BCUT2D eigenvalue weighted by Crippen LogP contribution is 2.24. The summed E-state index contributed by atoms with van der Waals surface area (Å²) in [5.41, 5.74) is 4.10. The van der Waals surface area contributed by atoms with Crippen LogP contribution in [0.4, 0.5) is 5.69 Å². The SMILES string of the molecule is COCCCNC(=O)c1nc(C(=O)Nc2cccc(C)c2C)c2n1CCCC2. The standard InChI is InChI=1S/C21H28N4O3/c1-14-8-6-9-16(15(14)2)23-20(26)18-17-10-4-5-12-25(17)19(24-18)21(27)22-11-7-13-28-3/h6,8-9H,4-5,7,10-13H2,1-3H3,(H,22,27)(H,23,26). The van der Waals surface area contributed by atoms with Crippen molar-refractivity contribution in [1.29, 1.82) is 0 Å². The Bertz CT molecular complexity index is 873. The summed E-state index contributed by atoms with van der Waals surface area (Å²) in [6, 6.07) is 5.81. The number of hydrogen-bond donors (Lipinski definition) is 2. The lowest BCUT2D eigenvalue weighted by atomic mass is 10.1. The molecule has 0 unspecified atom stereocenters. The molecule has 7 nitrogen and oxygen atoms in total. The molecule has 1 aromatic carbocycles. The van der Waals surface area contributed by atoms with Gasteiger partial charge in [0.2, 0.25) is 0 Å². The molecule has 0 radical (unpaired) electrons. The Balaban J connectivity index is 1.83. The van der Waals surface area contributed by atoms with Crippen molar-refractivity contribution >= 4 is 17.5 Å². The number of amides is 2. The molecule has 28 heavy (non-hydrogen) atoms. The highest BCUT2D eigenvalue weighted by molar-refractivity contribution is 6.05. The molecule has 2 aromatic rings. The zero-order valence-electron chi connectivity index (χ0n) is 16.8. The molecule has 0 saturated carbocycles. The summed E-state index contributed by atoms with van der Waals surface area (Å²) in [5.74, 6) is -0.193. The fraction of sp³-hybridized carbons (Fsp3) is 0.476. The number of methoxy groups -OCH3 is 1. The van der Waals surface area contributed by atoms with E-state index in [0.29, 0.717) is 31.2 Å². The van der Waals surface area contributed by atoms with Gasteiger partial charge in [-0.1, -0.05) is 12.1 Å². The largest absolute Gasteiger partial charge is 0.385 e. The summed E-state index contributed by atoms with van der Waals surface area (Å²) in [5, 5.41) is 5.84. The first-order valence-corrected chi connectivity index (χ1v) is 9.77. The van der Waals surface area contributed by atoms with Crippen molar-refractivity contribution in [3.05, 3.63) is 46.5 Å². The van der Waals surface area contributed by atoms with Crippen LogP contribution in [0, 0.1) is 13.8 Å². The third-order valence-electron chi connectivity index (χ3n) is 5.20. The number of ether oxygens (including phenoxy) is 1. The molecule has 0 saturated heterocycles. The van der Waals surface area contributed by atoms with Gasteiger partial charge in [-0.25, -0.2) is 4.98 Å². The van der Waals surface area contributed by atoms with E-state index < -0.39 is 0 Å². The van der Waals surface area contributed by atoms with Crippen molar-refractivity contribution in [1.82, 2.24) is 14.9 Å². The second kappa shape index (κ2) is 9.01. The summed E-state index contributed by atoms with van der Waals surface area (Å²) >= 11 is 0. The number of nitrogens with zero attached hydrogens (tertiary/aromatic N) is 2. The molecule has 2 N–H and O–H groups in total. The van der Waals surface area contributed by atoms with Crippen LogP contribution in [-0.2, 0) is 17.7 Å². The number of aromatic nitrogens is 2. The number of hydrogen-bond acceptors (Lipinski definition) is 4. The molecule has 0 fully saturated rings. The Labute approximate surface area is 165 Å². The fourth-order valence-corrected chi connectivity index (χ4v) is 3.46. The maximum atomic E-state index is 12.9. The van der Waals surface area contributed by atoms with Gasteiger partial charge in [-0.15, -0.1) is 0 Å². The maximum Gasteiger partial charge on any atom is 0.287 e. The van der Waals surface area contributed by atoms with Gasteiger partial charge in [-0.05, 0) is 56.7 Å². The number of anilines is 1. The van der Waals surface area contributed by atoms with E-state index >= 15 is 0 Å². The van der Waals surface area contributed by atoms with Crippen molar-refractivity contribution < 1.29 is 14.3 Å². The lowest BCUT2D eigenvalue weighted by molar-refractivity contribution is 0.0932. The molecule has 0 bridgehead atoms. The van der Waals surface area contributed by atoms with E-state index in [-0.39, 0.29) is 11.8 Å². The van der Waals surface area contributed by atoms with Crippen LogP contribution in [0.25, 0.3) is 0 Å². The Hall–Kier alpha value is -2.67. The molecule has 3 rings (SSSR count). The molecule has 0 spiro atoms. The number of carbonyl (C=O) groups excluding carboxylic acids is 2. The zero-order chi connectivity index (χ0) is 20.1. The van der Waals surface area contributed by atoms with Crippen molar-refractivity contribution in [2.24, 2.45) is 0 Å². The average molecular weight is 384 g/mol. The molecular formula is C21H28N4O3. The highest BCUT2D eigenvalue weighted by atomic mass is 16.5. The van der Waals surface area contributed by atoms with Crippen molar-refractivity contribution in [3.63, 3.8) is 0 Å². The van der Waals surface area contributed by atoms with Gasteiger partial charge >= 0.3 is 0 Å². The molecule has 1 aliphatic rings. The summed E-state index contributed by atoms with van der Waals surface area (Å²) in [6.07, 6.45) is 3.45. The lowest BCUT2D eigenvalue weighted by Crippen LogP contribution is -2.29. The van der Waals surface area contributed by atoms with Crippen molar-refractivity contribution in [3.8, 4) is 0 Å². The molecule has 1 aliphatic heterocycles. The molecule has 2 amide bonds. The van der Waals surface area contributed by atoms with Crippen LogP contribution in [0.5, 0.6) is 0 Å². The highest BCUT2D eigenvalue weighted by Gasteiger charge is 2.27. The Morgan fingerprint density at radius 2 is 2.04 bits per heavy atom. The van der Waals surface area contributed by atoms with Gasteiger partial charge in [0, 0.05) is 32.5 Å². The van der Waals surface area contributed by atoms with E-state index in [0.717, 1.165) is 48.2 Å². The molecule has 1 aromatic heterocycles. The van der Waals surface area contributed by atoms with E-state index in [2.05, 4.69) is 15.6 Å². The summed E-state index contributed by atoms with van der Waals surface area (Å²) in [6.45, 7) is 5.80. The van der Waals surface area contributed by atoms with Crippen LogP contribution in [0.15, 0.2) is 18.2 Å². The predicted octanol–water partition coefficient (Wildman–Crippen LogP) is 2.85. The first kappa shape index (κ1) is 20.1. The minimum Gasteiger partial charge on any atom is -0.385 e. The topological polar surface area (TPSA) is 85.2 Å². The Kier molecular flexibility index (Phi) is 6.46. The van der Waals surface area contributed by atoms with E-state index in [1.807, 2.05) is 36.6 Å². The van der Waals surface area contributed by atoms with Gasteiger partial charge in [0.1, 0.15) is 0 Å². The van der Waals surface area contributed by atoms with E-state index in [9.17, 15) is 9.59 Å². The van der Waals surface area contributed by atoms with Gasteiger partial charge in [-0.2, -0.15) is 0 Å². The summed E-state index contributed by atoms with van der Waals surface area (Å²) < 4.78 is 6.90. The average Bonchev–Trinajstić information content (AvgIpc) is 3.08. The number of carbonyl (C=O) groups is 2. The summed E-state index contributed by atoms with van der Waals surface area (Å²) in [4.78, 5) is 30.0. The third-order valence-corrected chi connectivity index (χ3v) is 5.20. The lowest BCUT2D eigenvalue weighted by Gasteiger charge is -2.17. The van der Waals surface area contributed by atoms with Crippen molar-refractivity contribution in [2.45, 2.75) is 46.1 Å². The number of rotatable bonds is 7. The van der Waals surface area contributed by atoms with Gasteiger partial charge in [0.05, 0.1) is 5.69 Å². The quantitative estimate of drug-likeness (QED) is 0.719. The predicted molar refractivity (Wildman–Crippen MR) is 108 cm³/mol. The van der Waals surface area contributed by atoms with Gasteiger partial charge < -0.3 is 19.9 Å². The van der Waals surface area contributed by atoms with Crippen LogP contribution in [0.2, 0.25) is 0 Å². The Morgan fingerprint density at radius 3 is 2.82 bits per heavy atom. The maximum absolute atomic E-state index is 12.9. The fourth-order valence-electron chi connectivity index (χ4n) is 3.46. The molecule has 7 heteroatoms. The van der Waals surface area contributed by atoms with E-state index in [1.54, 1.807) is 7.11 Å². The molecule has 150 valence electrons. The number of fused-ring (bicyclic) bond motifs is 1. The Morgan fingerprint density at radius 1 is 1.21 bits per heavy atom. The molecular weight excluding hydrogens is 356 g/mol. The second-order valence-corrected chi connectivity index (χ2v) is 7.14. The van der Waals surface area contributed by atoms with Gasteiger partial charge in [0.15, 0.2) is 11.5 Å². The van der Waals surface area contributed by atoms with Crippen LogP contribution in [-0.4, -0.2) is 41.6 Å². The number of imidazole rings is 1. The van der Waals surface area contributed by atoms with E-state index in [4.69, 9.17) is 4.74 Å². The second-order valence-electron chi connectivity index (χ2n) is 7.14. The van der Waals surface area contributed by atoms with Crippen LogP contribution < -0.4 is 10.6 Å². The van der Waals surface area contributed by atoms with Gasteiger partial charge in [0.25, 0.3) is 11.8 Å². The normalized spacial score (nSPS) is 13.1.